The van der Waals surface area contributed by atoms with Crippen molar-refractivity contribution in [3.8, 4) is 5.69 Å². The van der Waals surface area contributed by atoms with E-state index in [0.29, 0.717) is 11.3 Å². The Balaban J connectivity index is 1.71. The molecular formula is C24H27N3O3. The summed E-state index contributed by atoms with van der Waals surface area (Å²) >= 11 is 0. The summed E-state index contributed by atoms with van der Waals surface area (Å²) in [6, 6.07) is 17.3. The molecule has 6 heteroatoms. The second kappa shape index (κ2) is 9.41. The van der Waals surface area contributed by atoms with Crippen LogP contribution in [-0.2, 0) is 11.2 Å². The number of aromatic nitrogens is 1. The highest BCUT2D eigenvalue weighted by Gasteiger charge is 2.17. The lowest BCUT2D eigenvalue weighted by molar-refractivity contribution is -0.120. The first-order chi connectivity index (χ1) is 14.4. The van der Waals surface area contributed by atoms with Crippen LogP contribution in [0.2, 0.25) is 0 Å². The summed E-state index contributed by atoms with van der Waals surface area (Å²) in [6.07, 6.45) is 0.228. The predicted molar refractivity (Wildman–Crippen MR) is 118 cm³/mol. The highest BCUT2D eigenvalue weighted by Crippen LogP contribution is 2.22. The topological polar surface area (TPSA) is 83.4 Å². The molecular weight excluding hydrogens is 378 g/mol. The molecule has 0 spiro atoms. The molecule has 0 unspecified atom stereocenters. The summed E-state index contributed by atoms with van der Waals surface area (Å²) in [4.78, 5) is 24.6. The minimum absolute atomic E-state index is 0.0821. The van der Waals surface area contributed by atoms with Crippen molar-refractivity contribution in [2.24, 2.45) is 0 Å². The van der Waals surface area contributed by atoms with Crippen molar-refractivity contribution in [3.05, 3.63) is 82.7 Å². The van der Waals surface area contributed by atoms with E-state index < -0.39 is 0 Å². The van der Waals surface area contributed by atoms with Gasteiger partial charge < -0.3 is 20.3 Å². The average Bonchev–Trinajstić information content (AvgIpc) is 3.03. The number of nitrogens with zero attached hydrogens (tertiary/aromatic N) is 1. The number of anilines is 1. The highest BCUT2D eigenvalue weighted by atomic mass is 16.3. The third kappa shape index (κ3) is 4.96. The van der Waals surface area contributed by atoms with Gasteiger partial charge >= 0.3 is 0 Å². The van der Waals surface area contributed by atoms with Gasteiger partial charge in [0.2, 0.25) is 5.91 Å². The third-order valence-electron chi connectivity index (χ3n) is 4.98. The van der Waals surface area contributed by atoms with E-state index in [0.717, 1.165) is 22.6 Å². The minimum Gasteiger partial charge on any atom is -0.395 e. The number of hydrogen-bond acceptors (Lipinski definition) is 3. The van der Waals surface area contributed by atoms with Crippen LogP contribution in [0.3, 0.4) is 0 Å². The van der Waals surface area contributed by atoms with Gasteiger partial charge in [0, 0.05) is 29.3 Å². The monoisotopic (exact) mass is 405 g/mol. The first-order valence-electron chi connectivity index (χ1n) is 9.93. The number of hydrogen-bond donors (Lipinski definition) is 3. The predicted octanol–water partition coefficient (Wildman–Crippen LogP) is 3.31. The molecule has 0 aliphatic rings. The van der Waals surface area contributed by atoms with Crippen LogP contribution in [-0.4, -0.2) is 34.6 Å². The quantitative estimate of drug-likeness (QED) is 0.564. The second-order valence-corrected chi connectivity index (χ2v) is 7.36. The Hall–Kier alpha value is -3.38. The zero-order valence-corrected chi connectivity index (χ0v) is 17.5. The molecule has 1 aromatic heterocycles. The molecule has 0 aliphatic heterocycles. The third-order valence-corrected chi connectivity index (χ3v) is 4.98. The first kappa shape index (κ1) is 21.3. The lowest BCUT2D eigenvalue weighted by atomic mass is 10.1. The molecule has 0 atom stereocenters. The summed E-state index contributed by atoms with van der Waals surface area (Å²) in [5.74, 6) is -0.320. The Morgan fingerprint density at radius 2 is 1.63 bits per heavy atom. The van der Waals surface area contributed by atoms with E-state index in [4.69, 9.17) is 5.11 Å². The van der Waals surface area contributed by atoms with Crippen molar-refractivity contribution in [1.29, 1.82) is 0 Å². The van der Waals surface area contributed by atoms with E-state index in [1.165, 1.54) is 5.56 Å². The molecule has 3 rings (SSSR count). The number of carbonyl (C=O) groups excluding carboxylic acids is 2. The van der Waals surface area contributed by atoms with Gasteiger partial charge in [0.25, 0.3) is 5.91 Å². The molecule has 3 aromatic rings. The number of aliphatic hydroxyl groups excluding tert-OH is 1. The Kier molecular flexibility index (Phi) is 6.69. The number of aryl methyl sites for hydroxylation is 2. The number of aliphatic hydroxyl groups is 1. The molecule has 3 N–H and O–H groups in total. The number of nitrogens with one attached hydrogen (secondary N) is 2. The Morgan fingerprint density at radius 3 is 2.27 bits per heavy atom. The van der Waals surface area contributed by atoms with Gasteiger partial charge in [-0.15, -0.1) is 0 Å². The molecule has 0 saturated carbocycles. The van der Waals surface area contributed by atoms with Gasteiger partial charge in [0.05, 0.1) is 18.6 Å². The van der Waals surface area contributed by atoms with E-state index in [1.807, 2.05) is 51.1 Å². The minimum atomic E-state index is -0.171. The van der Waals surface area contributed by atoms with E-state index >= 15 is 0 Å². The van der Waals surface area contributed by atoms with Crippen LogP contribution in [0.4, 0.5) is 5.69 Å². The van der Waals surface area contributed by atoms with E-state index in [2.05, 4.69) is 27.3 Å². The van der Waals surface area contributed by atoms with Crippen LogP contribution in [0.25, 0.3) is 5.69 Å². The average molecular weight is 405 g/mol. The molecule has 0 bridgehead atoms. The van der Waals surface area contributed by atoms with Gasteiger partial charge in [-0.1, -0.05) is 29.8 Å². The van der Waals surface area contributed by atoms with Crippen LogP contribution in [0.15, 0.2) is 54.6 Å². The van der Waals surface area contributed by atoms with Gasteiger partial charge in [-0.05, 0) is 56.7 Å². The molecule has 0 aliphatic carbocycles. The summed E-state index contributed by atoms with van der Waals surface area (Å²) in [5.41, 5.74) is 6.21. The fourth-order valence-corrected chi connectivity index (χ4v) is 3.43. The van der Waals surface area contributed by atoms with Crippen molar-refractivity contribution >= 4 is 17.5 Å². The second-order valence-electron chi connectivity index (χ2n) is 7.36. The van der Waals surface area contributed by atoms with Crippen molar-refractivity contribution in [2.45, 2.75) is 27.2 Å². The van der Waals surface area contributed by atoms with Gasteiger partial charge in [-0.25, -0.2) is 0 Å². The first-order valence-corrected chi connectivity index (χ1v) is 9.93. The van der Waals surface area contributed by atoms with Crippen molar-refractivity contribution in [2.75, 3.05) is 18.5 Å². The SMILES string of the molecule is Cc1ccc(-n2c(C)cc(C(=O)Nc3ccc(CC(=O)NCCO)cc3)c2C)cc1. The summed E-state index contributed by atoms with van der Waals surface area (Å²) in [6.45, 7) is 6.14. The molecule has 2 aromatic carbocycles. The zero-order valence-electron chi connectivity index (χ0n) is 17.5. The van der Waals surface area contributed by atoms with Crippen LogP contribution in [0.1, 0.15) is 32.9 Å². The van der Waals surface area contributed by atoms with E-state index in [9.17, 15) is 9.59 Å². The molecule has 2 amide bonds. The molecule has 0 radical (unpaired) electrons. The summed E-state index contributed by atoms with van der Waals surface area (Å²) in [7, 11) is 0. The lowest BCUT2D eigenvalue weighted by Crippen LogP contribution is -2.27. The van der Waals surface area contributed by atoms with Crippen LogP contribution in [0, 0.1) is 20.8 Å². The maximum atomic E-state index is 12.9. The van der Waals surface area contributed by atoms with E-state index in [1.54, 1.807) is 12.1 Å². The van der Waals surface area contributed by atoms with Crippen molar-refractivity contribution in [1.82, 2.24) is 9.88 Å². The van der Waals surface area contributed by atoms with Gasteiger partial charge in [-0.2, -0.15) is 0 Å². The lowest BCUT2D eigenvalue weighted by Gasteiger charge is -2.11. The molecule has 156 valence electrons. The molecule has 0 fully saturated rings. The van der Waals surface area contributed by atoms with Crippen LogP contribution in [0.5, 0.6) is 0 Å². The Bertz CT molecular complexity index is 1030. The normalized spacial score (nSPS) is 10.7. The highest BCUT2D eigenvalue weighted by molar-refractivity contribution is 6.05. The maximum Gasteiger partial charge on any atom is 0.257 e. The fourth-order valence-electron chi connectivity index (χ4n) is 3.43. The van der Waals surface area contributed by atoms with Crippen molar-refractivity contribution < 1.29 is 14.7 Å². The number of carbonyl (C=O) groups is 2. The van der Waals surface area contributed by atoms with Crippen LogP contribution >= 0.6 is 0 Å². The number of amides is 2. The van der Waals surface area contributed by atoms with E-state index in [-0.39, 0.29) is 31.4 Å². The maximum absolute atomic E-state index is 12.9. The molecule has 0 saturated heterocycles. The number of benzene rings is 2. The Morgan fingerprint density at radius 1 is 0.967 bits per heavy atom. The van der Waals surface area contributed by atoms with Gasteiger partial charge in [-0.3, -0.25) is 9.59 Å². The number of rotatable bonds is 7. The molecule has 6 nitrogen and oxygen atoms in total. The largest absolute Gasteiger partial charge is 0.395 e. The van der Waals surface area contributed by atoms with Crippen LogP contribution < -0.4 is 10.6 Å². The smallest absolute Gasteiger partial charge is 0.257 e. The van der Waals surface area contributed by atoms with Gasteiger partial charge in [0.1, 0.15) is 0 Å². The fraction of sp³-hybridized carbons (Fsp3) is 0.250. The Labute approximate surface area is 176 Å². The zero-order chi connectivity index (χ0) is 21.7. The molecule has 1 heterocycles. The molecule has 30 heavy (non-hydrogen) atoms. The van der Waals surface area contributed by atoms with Gasteiger partial charge in [0.15, 0.2) is 0 Å². The van der Waals surface area contributed by atoms with Crippen molar-refractivity contribution in [3.63, 3.8) is 0 Å². The standard InChI is InChI=1S/C24H27N3O3/c1-16-4-10-21(11-5-16)27-17(2)14-22(18(27)3)24(30)26-20-8-6-19(7-9-20)15-23(29)25-12-13-28/h4-11,14,28H,12-13,15H2,1-3H3,(H,25,29)(H,26,30). The summed E-state index contributed by atoms with van der Waals surface area (Å²) in [5, 5.41) is 14.3. The summed E-state index contributed by atoms with van der Waals surface area (Å²) < 4.78 is 2.07.